The molecule has 2 aromatic rings. The molecule has 2 saturated carbocycles. The molecule has 0 aliphatic heterocycles. The van der Waals surface area contributed by atoms with Gasteiger partial charge in [-0.25, -0.2) is 8.78 Å². The third-order valence-corrected chi connectivity index (χ3v) is 7.09. The summed E-state index contributed by atoms with van der Waals surface area (Å²) in [5, 5.41) is 1.07. The summed E-state index contributed by atoms with van der Waals surface area (Å²) in [5.74, 6) is 2.55. The predicted octanol–water partition coefficient (Wildman–Crippen LogP) is 7.23. The van der Waals surface area contributed by atoms with Crippen molar-refractivity contribution < 1.29 is 13.5 Å². The van der Waals surface area contributed by atoms with Crippen molar-refractivity contribution in [3.8, 4) is 5.75 Å². The van der Waals surface area contributed by atoms with Crippen LogP contribution in [0.5, 0.6) is 5.75 Å². The lowest BCUT2D eigenvalue weighted by atomic mass is 9.63. The third-order valence-electron chi connectivity index (χ3n) is 7.09. The van der Waals surface area contributed by atoms with Gasteiger partial charge in [-0.15, -0.1) is 0 Å². The van der Waals surface area contributed by atoms with Gasteiger partial charge in [-0.3, -0.25) is 0 Å². The first-order valence-corrected chi connectivity index (χ1v) is 10.6. The number of ether oxygens (including phenoxy) is 1. The van der Waals surface area contributed by atoms with Gasteiger partial charge in [0.25, 0.3) is 0 Å². The number of methoxy groups -OCH3 is 1. The SMILES string of the molecule is CCCC1CCC2CC(c3cc4c(F)cc(OC)cc4cc3F)CCC2C1. The molecule has 4 rings (SSSR count). The van der Waals surface area contributed by atoms with Gasteiger partial charge >= 0.3 is 0 Å². The quantitative estimate of drug-likeness (QED) is 0.550. The minimum atomic E-state index is -0.334. The van der Waals surface area contributed by atoms with Crippen LogP contribution >= 0.6 is 0 Å². The Balaban J connectivity index is 1.56. The topological polar surface area (TPSA) is 9.23 Å². The van der Waals surface area contributed by atoms with Crippen LogP contribution in [0.25, 0.3) is 10.8 Å². The molecule has 0 heterocycles. The second-order valence-electron chi connectivity index (χ2n) is 8.70. The van der Waals surface area contributed by atoms with Crippen LogP contribution in [0.15, 0.2) is 24.3 Å². The molecule has 2 aromatic carbocycles. The van der Waals surface area contributed by atoms with Crippen LogP contribution in [-0.2, 0) is 0 Å². The molecule has 0 saturated heterocycles. The molecular formula is C24H30F2O. The van der Waals surface area contributed by atoms with Crippen molar-refractivity contribution in [2.75, 3.05) is 7.11 Å². The Hall–Kier alpha value is -1.64. The van der Waals surface area contributed by atoms with E-state index in [2.05, 4.69) is 6.92 Å². The summed E-state index contributed by atoms with van der Waals surface area (Å²) in [6, 6.07) is 6.33. The van der Waals surface area contributed by atoms with Crippen molar-refractivity contribution in [2.24, 2.45) is 17.8 Å². The van der Waals surface area contributed by atoms with Crippen LogP contribution < -0.4 is 4.74 Å². The second-order valence-corrected chi connectivity index (χ2v) is 8.70. The van der Waals surface area contributed by atoms with E-state index >= 15 is 0 Å². The maximum Gasteiger partial charge on any atom is 0.134 e. The molecule has 146 valence electrons. The zero-order valence-corrected chi connectivity index (χ0v) is 16.4. The van der Waals surface area contributed by atoms with E-state index in [1.54, 1.807) is 12.1 Å². The molecule has 2 aliphatic carbocycles. The van der Waals surface area contributed by atoms with Gasteiger partial charge in [-0.2, -0.15) is 0 Å². The molecule has 1 nitrogen and oxygen atoms in total. The average Bonchev–Trinajstić information content (AvgIpc) is 2.67. The van der Waals surface area contributed by atoms with Crippen LogP contribution in [-0.4, -0.2) is 7.11 Å². The first-order valence-electron chi connectivity index (χ1n) is 10.6. The van der Waals surface area contributed by atoms with Gasteiger partial charge in [0.05, 0.1) is 7.11 Å². The number of hydrogen-bond donors (Lipinski definition) is 0. The lowest BCUT2D eigenvalue weighted by molar-refractivity contribution is 0.113. The van der Waals surface area contributed by atoms with Gasteiger partial charge in [-0.1, -0.05) is 26.2 Å². The molecule has 0 spiro atoms. The number of halogens is 2. The van der Waals surface area contributed by atoms with Crippen molar-refractivity contribution >= 4 is 10.8 Å². The van der Waals surface area contributed by atoms with Crippen LogP contribution in [0.2, 0.25) is 0 Å². The molecule has 2 aliphatic rings. The van der Waals surface area contributed by atoms with Crippen molar-refractivity contribution in [1.29, 1.82) is 0 Å². The summed E-state index contributed by atoms with van der Waals surface area (Å²) in [6.07, 6.45) is 9.89. The third kappa shape index (κ3) is 3.70. The minimum absolute atomic E-state index is 0.196. The lowest BCUT2D eigenvalue weighted by Crippen LogP contribution is -2.30. The van der Waals surface area contributed by atoms with Gasteiger partial charge in [0.15, 0.2) is 0 Å². The van der Waals surface area contributed by atoms with Crippen molar-refractivity contribution in [3.05, 3.63) is 41.5 Å². The first kappa shape index (κ1) is 18.7. The van der Waals surface area contributed by atoms with Gasteiger partial charge in [0.1, 0.15) is 17.4 Å². The number of rotatable bonds is 4. The largest absolute Gasteiger partial charge is 0.497 e. The maximum absolute atomic E-state index is 14.9. The van der Waals surface area contributed by atoms with E-state index in [0.717, 1.165) is 24.7 Å². The summed E-state index contributed by atoms with van der Waals surface area (Å²) in [4.78, 5) is 0. The number of hydrogen-bond acceptors (Lipinski definition) is 1. The Morgan fingerprint density at radius 2 is 1.70 bits per heavy atom. The van der Waals surface area contributed by atoms with Crippen molar-refractivity contribution in [2.45, 2.75) is 64.2 Å². The highest BCUT2D eigenvalue weighted by molar-refractivity contribution is 5.85. The summed E-state index contributed by atoms with van der Waals surface area (Å²) in [6.45, 7) is 2.28. The normalized spacial score (nSPS) is 28.1. The van der Waals surface area contributed by atoms with Crippen LogP contribution in [0.3, 0.4) is 0 Å². The molecule has 2 fully saturated rings. The smallest absolute Gasteiger partial charge is 0.134 e. The Morgan fingerprint density at radius 3 is 2.48 bits per heavy atom. The molecule has 3 heteroatoms. The van der Waals surface area contributed by atoms with E-state index in [-0.39, 0.29) is 17.6 Å². The van der Waals surface area contributed by atoms with E-state index in [0.29, 0.717) is 28.0 Å². The van der Waals surface area contributed by atoms with Gasteiger partial charge in [0.2, 0.25) is 0 Å². The number of fused-ring (bicyclic) bond motifs is 2. The predicted molar refractivity (Wildman–Crippen MR) is 106 cm³/mol. The van der Waals surface area contributed by atoms with Crippen LogP contribution in [0.4, 0.5) is 8.78 Å². The molecule has 0 aromatic heterocycles. The fraction of sp³-hybridized carbons (Fsp3) is 0.583. The highest BCUT2D eigenvalue weighted by atomic mass is 19.1. The Kier molecular flexibility index (Phi) is 5.39. The molecule has 4 unspecified atom stereocenters. The fourth-order valence-corrected chi connectivity index (χ4v) is 5.70. The summed E-state index contributed by atoms with van der Waals surface area (Å²) >= 11 is 0. The maximum atomic E-state index is 14.9. The summed E-state index contributed by atoms with van der Waals surface area (Å²) in [7, 11) is 1.50. The first-order chi connectivity index (χ1) is 13.1. The highest BCUT2D eigenvalue weighted by Crippen LogP contribution is 2.49. The standard InChI is InChI=1S/C24H30F2O/c1-3-4-15-5-6-17-10-18(8-7-16(17)9-15)21-14-22-19(12-23(21)25)11-20(27-2)13-24(22)26/h11-18H,3-10H2,1-2H3. The average molecular weight is 372 g/mol. The summed E-state index contributed by atoms with van der Waals surface area (Å²) < 4.78 is 34.5. The van der Waals surface area contributed by atoms with E-state index in [1.165, 1.54) is 57.8 Å². The van der Waals surface area contributed by atoms with Crippen molar-refractivity contribution in [1.82, 2.24) is 0 Å². The molecular weight excluding hydrogens is 342 g/mol. The summed E-state index contributed by atoms with van der Waals surface area (Å²) in [5.41, 5.74) is 0.709. The Morgan fingerprint density at radius 1 is 0.926 bits per heavy atom. The molecule has 0 amide bonds. The molecule has 4 atom stereocenters. The molecule has 0 radical (unpaired) electrons. The van der Waals surface area contributed by atoms with Gasteiger partial charge < -0.3 is 4.74 Å². The van der Waals surface area contributed by atoms with Gasteiger partial charge in [0, 0.05) is 11.5 Å². The molecule has 0 bridgehead atoms. The lowest BCUT2D eigenvalue weighted by Gasteiger charge is -2.42. The van der Waals surface area contributed by atoms with Crippen LogP contribution in [0, 0.1) is 29.4 Å². The molecule has 0 N–H and O–H groups in total. The minimum Gasteiger partial charge on any atom is -0.497 e. The van der Waals surface area contributed by atoms with Crippen LogP contribution in [0.1, 0.15) is 69.8 Å². The number of benzene rings is 2. The van der Waals surface area contributed by atoms with Gasteiger partial charge in [-0.05, 0) is 84.9 Å². The monoisotopic (exact) mass is 372 g/mol. The molecule has 27 heavy (non-hydrogen) atoms. The van der Waals surface area contributed by atoms with E-state index in [1.807, 2.05) is 0 Å². The fourth-order valence-electron chi connectivity index (χ4n) is 5.70. The van der Waals surface area contributed by atoms with E-state index < -0.39 is 0 Å². The highest BCUT2D eigenvalue weighted by Gasteiger charge is 2.36. The Bertz CT molecular complexity index is 816. The van der Waals surface area contributed by atoms with E-state index in [9.17, 15) is 8.78 Å². The Labute approximate surface area is 161 Å². The second kappa shape index (κ2) is 7.77. The zero-order chi connectivity index (χ0) is 19.0. The zero-order valence-electron chi connectivity index (χ0n) is 16.4. The van der Waals surface area contributed by atoms with Crippen molar-refractivity contribution in [3.63, 3.8) is 0 Å². The van der Waals surface area contributed by atoms with E-state index in [4.69, 9.17) is 4.74 Å².